The molecule has 0 aliphatic rings. The van der Waals surface area contributed by atoms with E-state index >= 15 is 0 Å². The molecule has 1 rings (SSSR count). The molecule has 1 aromatic heterocycles. The van der Waals surface area contributed by atoms with Crippen molar-refractivity contribution in [3.05, 3.63) is 17.7 Å². The summed E-state index contributed by atoms with van der Waals surface area (Å²) in [5.74, 6) is -2.69. The molecule has 0 bridgehead atoms. The maximum absolute atomic E-state index is 10.3. The number of imidazole rings is 1. The van der Waals surface area contributed by atoms with Gasteiger partial charge in [-0.2, -0.15) is 0 Å². The zero-order valence-electron chi connectivity index (χ0n) is 6.31. The van der Waals surface area contributed by atoms with Crippen molar-refractivity contribution in [3.8, 4) is 0 Å². The van der Waals surface area contributed by atoms with Crippen LogP contribution in [-0.4, -0.2) is 32.1 Å². The van der Waals surface area contributed by atoms with Gasteiger partial charge < -0.3 is 15.2 Å². The summed E-state index contributed by atoms with van der Waals surface area (Å²) in [6, 6.07) is 0. The molecule has 65 valence electrons. The van der Waals surface area contributed by atoms with Gasteiger partial charge in [-0.05, 0) is 0 Å². The number of nitrogens with one attached hydrogen (secondary N) is 1. The molecule has 0 atom stereocenters. The van der Waals surface area contributed by atoms with Gasteiger partial charge in [-0.3, -0.25) is 0 Å². The van der Waals surface area contributed by atoms with Gasteiger partial charge in [-0.15, -0.1) is 0 Å². The largest absolute Gasteiger partial charge is 0.477 e. The molecule has 0 saturated carbocycles. The number of carbonyl (C=O) groups is 2. The van der Waals surface area contributed by atoms with Gasteiger partial charge in [0.05, 0.1) is 6.33 Å². The van der Waals surface area contributed by atoms with Crippen LogP contribution in [0, 0.1) is 77.3 Å². The predicted octanol–water partition coefficient (Wildman–Crippen LogP) is -0.194. The fourth-order valence-electron chi connectivity index (χ4n) is 0.619. The van der Waals surface area contributed by atoms with Gasteiger partial charge in [-0.1, -0.05) is 0 Å². The first-order chi connectivity index (χ1) is 5.13. The predicted molar refractivity (Wildman–Crippen MR) is 32.5 cm³/mol. The minimum Gasteiger partial charge on any atom is -0.477 e. The van der Waals surface area contributed by atoms with Gasteiger partial charge in [-0.25, -0.2) is 14.6 Å². The number of hydrogen-bond donors (Lipinski definition) is 3. The first-order valence-corrected chi connectivity index (χ1v) is 2.63. The molecule has 0 unspecified atom stereocenters. The third-order valence-corrected chi connectivity index (χ3v) is 1.06. The Bertz CT molecular complexity index is 285. The Morgan fingerprint density at radius 3 is 2.15 bits per heavy atom. The van der Waals surface area contributed by atoms with E-state index in [1.807, 2.05) is 0 Å². The third-order valence-electron chi connectivity index (χ3n) is 1.06. The quantitative estimate of drug-likeness (QED) is 0.598. The number of hydrogen-bond acceptors (Lipinski definition) is 3. The molecule has 0 aromatic carbocycles. The minimum atomic E-state index is -1.36. The van der Waals surface area contributed by atoms with Crippen molar-refractivity contribution in [2.24, 2.45) is 0 Å². The number of carboxylic acid groups (broad SMARTS) is 2. The van der Waals surface area contributed by atoms with Crippen LogP contribution in [0.1, 0.15) is 21.0 Å². The topological polar surface area (TPSA) is 103 Å². The van der Waals surface area contributed by atoms with Crippen LogP contribution in [0.25, 0.3) is 0 Å². The first-order valence-electron chi connectivity index (χ1n) is 2.63. The van der Waals surface area contributed by atoms with Crippen LogP contribution in [-0.2, 0) is 0 Å². The van der Waals surface area contributed by atoms with E-state index in [1.54, 1.807) is 0 Å². The molecule has 6 nitrogen and oxygen atoms in total. The maximum atomic E-state index is 10.3. The summed E-state index contributed by atoms with van der Waals surface area (Å²) < 4.78 is 0. The van der Waals surface area contributed by atoms with Crippen molar-refractivity contribution in [2.75, 3.05) is 0 Å². The van der Waals surface area contributed by atoms with E-state index in [0.717, 1.165) is 6.33 Å². The number of rotatable bonds is 2. The fourth-order valence-corrected chi connectivity index (χ4v) is 0.619. The van der Waals surface area contributed by atoms with E-state index in [4.69, 9.17) is 10.2 Å². The summed E-state index contributed by atoms with van der Waals surface area (Å²) >= 11 is 0. The third kappa shape index (κ3) is 4.17. The van der Waals surface area contributed by atoms with Crippen molar-refractivity contribution < 1.29 is 97.1 Å². The standard InChI is InChI=1S/C5H4N2O4.Ce.La/c8-4(9)2-3(5(10)11)7-1-6-2;;/h1H,(H,6,7)(H,8,9)(H,10,11);;. The van der Waals surface area contributed by atoms with Crippen molar-refractivity contribution in [2.45, 2.75) is 0 Å². The van der Waals surface area contributed by atoms with E-state index in [-0.39, 0.29) is 77.3 Å². The Kier molecular flexibility index (Phi) is 8.79. The monoisotopic (exact) mass is 435 g/mol. The fraction of sp³-hybridized carbons (Fsp3) is 0. The van der Waals surface area contributed by atoms with Crippen LogP contribution in [0.5, 0.6) is 0 Å². The van der Waals surface area contributed by atoms with E-state index in [2.05, 4.69) is 9.97 Å². The average Bonchev–Trinajstić information content (AvgIpc) is 2.32. The molecule has 0 fully saturated rings. The zero-order valence-corrected chi connectivity index (χ0v) is 13.1. The van der Waals surface area contributed by atoms with Gasteiger partial charge in [0.2, 0.25) is 0 Å². The van der Waals surface area contributed by atoms with Crippen LogP contribution in [0.15, 0.2) is 6.33 Å². The molecule has 0 spiro atoms. The summed E-state index contributed by atoms with van der Waals surface area (Å²) in [6.45, 7) is 0. The van der Waals surface area contributed by atoms with Gasteiger partial charge in [0.1, 0.15) is 0 Å². The number of nitrogens with zero attached hydrogens (tertiary/aromatic N) is 1. The summed E-state index contributed by atoms with van der Waals surface area (Å²) in [7, 11) is 0. The maximum Gasteiger partial charge on any atom is 0.357 e. The number of aromatic carboxylic acids is 2. The number of aromatic amines is 1. The van der Waals surface area contributed by atoms with Crippen molar-refractivity contribution in [1.29, 1.82) is 0 Å². The molecule has 0 aliphatic carbocycles. The summed E-state index contributed by atoms with van der Waals surface area (Å²) in [5.41, 5.74) is -0.880. The molecule has 1 radical (unpaired) electrons. The Morgan fingerprint density at radius 1 is 1.31 bits per heavy atom. The van der Waals surface area contributed by atoms with Crippen LogP contribution in [0.4, 0.5) is 0 Å². The normalized spacial score (nSPS) is 8.00. The Balaban J connectivity index is 0. The van der Waals surface area contributed by atoms with E-state index in [1.165, 1.54) is 0 Å². The second kappa shape index (κ2) is 7.07. The van der Waals surface area contributed by atoms with Gasteiger partial charge in [0, 0.05) is 77.3 Å². The van der Waals surface area contributed by atoms with E-state index in [9.17, 15) is 9.59 Å². The van der Waals surface area contributed by atoms with Crippen LogP contribution < -0.4 is 0 Å². The second-order valence-corrected chi connectivity index (χ2v) is 1.74. The summed E-state index contributed by atoms with van der Waals surface area (Å²) in [6.07, 6.45) is 1.02. The Labute approximate surface area is 134 Å². The molecule has 8 heteroatoms. The smallest absolute Gasteiger partial charge is 0.357 e. The summed E-state index contributed by atoms with van der Waals surface area (Å²) in [5, 5.41) is 16.7. The Hall–Kier alpha value is 0.721. The van der Waals surface area contributed by atoms with Crippen molar-refractivity contribution in [3.63, 3.8) is 0 Å². The number of aromatic nitrogens is 2. The zero-order chi connectivity index (χ0) is 8.43. The molecule has 3 N–H and O–H groups in total. The Morgan fingerprint density at radius 2 is 1.85 bits per heavy atom. The molecular weight excluding hydrogens is 431 g/mol. The average molecular weight is 435 g/mol. The minimum absolute atomic E-state index is 0. The summed E-state index contributed by atoms with van der Waals surface area (Å²) in [4.78, 5) is 26.0. The van der Waals surface area contributed by atoms with E-state index in [0.29, 0.717) is 0 Å². The molecule has 1 heterocycles. The molecule has 0 amide bonds. The van der Waals surface area contributed by atoms with E-state index < -0.39 is 23.3 Å². The number of carboxylic acids is 2. The van der Waals surface area contributed by atoms with Crippen LogP contribution >= 0.6 is 0 Å². The van der Waals surface area contributed by atoms with Crippen LogP contribution in [0.3, 0.4) is 0 Å². The molecule has 13 heavy (non-hydrogen) atoms. The van der Waals surface area contributed by atoms with Gasteiger partial charge in [0.25, 0.3) is 0 Å². The van der Waals surface area contributed by atoms with Crippen LogP contribution in [0.2, 0.25) is 0 Å². The molecule has 0 aliphatic heterocycles. The first kappa shape index (κ1) is 16.2. The molecular formula is C5H4CeLaN2O4. The molecule has 1 aromatic rings. The second-order valence-electron chi connectivity index (χ2n) is 1.74. The SMILES string of the molecule is O=C(O)c1nc[nH]c1C(=O)O.[Ce].[La]. The van der Waals surface area contributed by atoms with Gasteiger partial charge in [0.15, 0.2) is 11.4 Å². The van der Waals surface area contributed by atoms with Crippen molar-refractivity contribution >= 4 is 11.9 Å². The number of H-pyrrole nitrogens is 1. The van der Waals surface area contributed by atoms with Crippen molar-refractivity contribution in [1.82, 2.24) is 9.97 Å². The van der Waals surface area contributed by atoms with Gasteiger partial charge >= 0.3 is 11.9 Å². The molecule has 0 saturated heterocycles.